The number of hydrogen-bond acceptors (Lipinski definition) is 2. The van der Waals surface area contributed by atoms with Crippen LogP contribution in [0.5, 0.6) is 0 Å². The smallest absolute Gasteiger partial charge is 0.264 e. The second-order valence-electron chi connectivity index (χ2n) is 4.91. The molecule has 1 aliphatic heterocycles. The first-order valence-electron chi connectivity index (χ1n) is 6.72. The normalized spacial score (nSPS) is 22.9. The Morgan fingerprint density at radius 3 is 2.41 bits per heavy atom. The molecule has 0 spiro atoms. The fourth-order valence-electron chi connectivity index (χ4n) is 2.53. The van der Waals surface area contributed by atoms with Crippen molar-refractivity contribution in [2.45, 2.75) is 9.79 Å². The van der Waals surface area contributed by atoms with Gasteiger partial charge in [-0.3, -0.25) is 13.9 Å². The number of carbonyl (C=O) groups excluding carboxylic acids is 2. The van der Waals surface area contributed by atoms with E-state index in [0.29, 0.717) is 11.1 Å². The molecule has 0 bridgehead atoms. The maximum Gasteiger partial charge on any atom is 0.264 e. The van der Waals surface area contributed by atoms with Crippen LogP contribution in [-0.2, 0) is 0 Å². The van der Waals surface area contributed by atoms with Gasteiger partial charge in [-0.1, -0.05) is 12.1 Å². The van der Waals surface area contributed by atoms with Gasteiger partial charge in [0.05, 0.1) is 5.56 Å². The maximum atomic E-state index is 12.4. The van der Waals surface area contributed by atoms with Crippen LogP contribution in [0.4, 0.5) is 0 Å². The van der Waals surface area contributed by atoms with Gasteiger partial charge in [0.15, 0.2) is 0 Å². The summed E-state index contributed by atoms with van der Waals surface area (Å²) in [4.78, 5) is 25.7. The monoisotopic (exact) mass is 334 g/mol. The van der Waals surface area contributed by atoms with E-state index in [2.05, 4.69) is 5.32 Å². The lowest BCUT2D eigenvalue weighted by Gasteiger charge is -2.36. The average molecular weight is 335 g/mol. The van der Waals surface area contributed by atoms with E-state index in [1.54, 1.807) is 36.6 Å². The van der Waals surface area contributed by atoms with Crippen molar-refractivity contribution < 1.29 is 9.59 Å². The first kappa shape index (κ1) is 14.9. The van der Waals surface area contributed by atoms with E-state index >= 15 is 0 Å². The van der Waals surface area contributed by atoms with Gasteiger partial charge in [0.25, 0.3) is 11.8 Å². The third-order valence-electron chi connectivity index (χ3n) is 3.73. The molecule has 1 heterocycles. The largest absolute Gasteiger partial charge is 0.355 e. The minimum atomic E-state index is -2.09. The molecule has 0 aromatic heterocycles. The Labute approximate surface area is 135 Å². The van der Waals surface area contributed by atoms with Gasteiger partial charge >= 0.3 is 0 Å². The van der Waals surface area contributed by atoms with Crippen LogP contribution in [-0.4, -0.2) is 30.2 Å². The van der Waals surface area contributed by atoms with E-state index < -0.39 is 9.43 Å². The number of amides is 2. The van der Waals surface area contributed by atoms with Crippen molar-refractivity contribution in [3.63, 3.8) is 0 Å². The van der Waals surface area contributed by atoms with Crippen LogP contribution < -0.4 is 5.32 Å². The predicted octanol–water partition coefficient (Wildman–Crippen LogP) is 3.42. The van der Waals surface area contributed by atoms with Gasteiger partial charge in [-0.15, -0.1) is 0 Å². The topological polar surface area (TPSA) is 49.4 Å². The van der Waals surface area contributed by atoms with Crippen LogP contribution in [0.15, 0.2) is 58.3 Å². The SMILES string of the molecule is CNC(=O)c1ccc(S2(Cl)c3ccccc3C(=O)N2C)cc1. The van der Waals surface area contributed by atoms with Crippen LogP contribution in [0.2, 0.25) is 0 Å². The summed E-state index contributed by atoms with van der Waals surface area (Å²) < 4.78 is 1.61. The molecule has 0 radical (unpaired) electrons. The van der Waals surface area contributed by atoms with Gasteiger partial charge in [-0.05, 0) is 56.5 Å². The Balaban J connectivity index is 2.11. The second kappa shape index (κ2) is 5.34. The van der Waals surface area contributed by atoms with Crippen molar-refractivity contribution >= 4 is 31.9 Å². The van der Waals surface area contributed by atoms with E-state index in [0.717, 1.165) is 9.79 Å². The van der Waals surface area contributed by atoms with Crippen molar-refractivity contribution in [3.8, 4) is 0 Å². The van der Waals surface area contributed by atoms with Crippen LogP contribution in [0.1, 0.15) is 20.7 Å². The molecule has 114 valence electrons. The standard InChI is InChI=1S/C16H15ClN2O2S/c1-18-15(20)11-7-9-12(10-8-11)22(17)14-6-4-3-5-13(14)16(21)19(22)2/h3-10H,1-2H3,(H,18,20). The molecule has 0 aliphatic carbocycles. The highest BCUT2D eigenvalue weighted by Crippen LogP contribution is 2.72. The molecule has 0 saturated heterocycles. The van der Waals surface area contributed by atoms with Gasteiger partial charge in [0.1, 0.15) is 0 Å². The highest BCUT2D eigenvalue weighted by Gasteiger charge is 2.43. The van der Waals surface area contributed by atoms with Crippen LogP contribution in [0, 0.1) is 0 Å². The van der Waals surface area contributed by atoms with Crippen molar-refractivity contribution in [1.82, 2.24) is 9.62 Å². The fraction of sp³-hybridized carbons (Fsp3) is 0.125. The molecule has 3 rings (SSSR count). The van der Waals surface area contributed by atoms with Gasteiger partial charge < -0.3 is 5.32 Å². The summed E-state index contributed by atoms with van der Waals surface area (Å²) in [6.45, 7) is 0. The zero-order valence-corrected chi connectivity index (χ0v) is 13.7. The summed E-state index contributed by atoms with van der Waals surface area (Å²) in [6, 6.07) is 14.5. The second-order valence-corrected chi connectivity index (χ2v) is 8.72. The lowest BCUT2D eigenvalue weighted by Crippen LogP contribution is -2.21. The molecule has 1 aliphatic rings. The summed E-state index contributed by atoms with van der Waals surface area (Å²) in [7, 11) is 8.14. The van der Waals surface area contributed by atoms with E-state index in [1.807, 2.05) is 30.3 Å². The Bertz CT molecular complexity index is 763. The highest BCUT2D eigenvalue weighted by atomic mass is 35.7. The molecule has 2 amide bonds. The van der Waals surface area contributed by atoms with Gasteiger partial charge in [-0.25, -0.2) is 0 Å². The number of carbonyl (C=O) groups is 2. The average Bonchev–Trinajstić information content (AvgIpc) is 2.77. The van der Waals surface area contributed by atoms with Gasteiger partial charge in [-0.2, -0.15) is 0 Å². The molecule has 2 aromatic rings. The van der Waals surface area contributed by atoms with E-state index in [9.17, 15) is 9.59 Å². The van der Waals surface area contributed by atoms with Crippen molar-refractivity contribution in [2.24, 2.45) is 0 Å². The third kappa shape index (κ3) is 2.01. The minimum absolute atomic E-state index is 0.0732. The molecular weight excluding hydrogens is 320 g/mol. The Hall–Kier alpha value is -1.98. The molecule has 6 heteroatoms. The Morgan fingerprint density at radius 1 is 1.14 bits per heavy atom. The third-order valence-corrected chi connectivity index (χ3v) is 8.14. The molecule has 1 atom stereocenters. The summed E-state index contributed by atoms with van der Waals surface area (Å²) in [5, 5.41) is 2.58. The fourth-order valence-corrected chi connectivity index (χ4v) is 5.82. The molecule has 1 N–H and O–H groups in total. The van der Waals surface area contributed by atoms with Crippen LogP contribution in [0.3, 0.4) is 0 Å². The highest BCUT2D eigenvalue weighted by molar-refractivity contribution is 8.50. The number of rotatable bonds is 2. The minimum Gasteiger partial charge on any atom is -0.355 e. The van der Waals surface area contributed by atoms with E-state index in [1.165, 1.54) is 0 Å². The Morgan fingerprint density at radius 2 is 1.77 bits per heavy atom. The molecule has 0 saturated carbocycles. The van der Waals surface area contributed by atoms with Crippen LogP contribution >= 0.6 is 20.1 Å². The molecule has 4 nitrogen and oxygen atoms in total. The lowest BCUT2D eigenvalue weighted by atomic mass is 10.2. The van der Waals surface area contributed by atoms with Crippen molar-refractivity contribution in [3.05, 3.63) is 59.7 Å². The van der Waals surface area contributed by atoms with E-state index in [-0.39, 0.29) is 11.8 Å². The lowest BCUT2D eigenvalue weighted by molar-refractivity contribution is 0.0894. The number of nitrogens with zero attached hydrogens (tertiary/aromatic N) is 1. The van der Waals surface area contributed by atoms with Gasteiger partial charge in [0.2, 0.25) is 0 Å². The van der Waals surface area contributed by atoms with Gasteiger partial charge in [0, 0.05) is 29.4 Å². The predicted molar refractivity (Wildman–Crippen MR) is 88.3 cm³/mol. The number of fused-ring (bicyclic) bond motifs is 1. The first-order valence-corrected chi connectivity index (χ1v) is 9.14. The number of halogens is 1. The van der Waals surface area contributed by atoms with Crippen molar-refractivity contribution in [2.75, 3.05) is 14.1 Å². The quantitative estimate of drug-likeness (QED) is 0.914. The first-order chi connectivity index (χ1) is 10.5. The number of nitrogens with one attached hydrogen (secondary N) is 1. The van der Waals surface area contributed by atoms with E-state index in [4.69, 9.17) is 10.7 Å². The molecular formula is C16H15ClN2O2S. The van der Waals surface area contributed by atoms with Crippen molar-refractivity contribution in [1.29, 1.82) is 0 Å². The summed E-state index contributed by atoms with van der Waals surface area (Å²) in [5.41, 5.74) is 1.21. The zero-order valence-electron chi connectivity index (χ0n) is 12.2. The summed E-state index contributed by atoms with van der Waals surface area (Å²) >= 11 is 0. The summed E-state index contributed by atoms with van der Waals surface area (Å²) in [6.07, 6.45) is 0. The zero-order chi connectivity index (χ0) is 15.9. The number of hydrogen-bond donors (Lipinski definition) is 1. The summed E-state index contributed by atoms with van der Waals surface area (Å²) in [5.74, 6) is -0.225. The van der Waals surface area contributed by atoms with Crippen LogP contribution in [0.25, 0.3) is 0 Å². The maximum absolute atomic E-state index is 12.4. The Kier molecular flexibility index (Phi) is 3.62. The molecule has 1 unspecified atom stereocenters. The number of benzene rings is 2. The molecule has 0 fully saturated rings. The molecule has 2 aromatic carbocycles. The molecule has 22 heavy (non-hydrogen) atoms.